The number of aryl methyl sites for hydroxylation is 1. The summed E-state index contributed by atoms with van der Waals surface area (Å²) in [7, 11) is -3.60. The number of aromatic nitrogens is 4. The lowest BCUT2D eigenvalue weighted by Gasteiger charge is -2.30. The van der Waals surface area contributed by atoms with Crippen LogP contribution in [0.3, 0.4) is 0 Å². The van der Waals surface area contributed by atoms with Gasteiger partial charge in [0.1, 0.15) is 5.82 Å². The fraction of sp³-hybridized carbons (Fsp3) is 0.353. The molecule has 0 aliphatic carbocycles. The third-order valence-electron chi connectivity index (χ3n) is 4.76. The first kappa shape index (κ1) is 16.9. The molecule has 0 amide bonds. The minimum Gasteiger partial charge on any atom is -0.306 e. The zero-order valence-electron chi connectivity index (χ0n) is 14.3. The number of rotatable bonds is 3. The highest BCUT2D eigenvalue weighted by atomic mass is 32.2. The normalized spacial score (nSPS) is 17.0. The van der Waals surface area contributed by atoms with E-state index in [0.717, 1.165) is 11.5 Å². The summed E-state index contributed by atoms with van der Waals surface area (Å²) in [4.78, 5) is 25.5. The largest absolute Gasteiger partial charge is 0.323 e. The van der Waals surface area contributed by atoms with Gasteiger partial charge >= 0.3 is 5.69 Å². The Bertz CT molecular complexity index is 1110. The van der Waals surface area contributed by atoms with Crippen molar-refractivity contribution in [3.05, 3.63) is 52.5 Å². The van der Waals surface area contributed by atoms with E-state index in [1.54, 1.807) is 12.3 Å². The van der Waals surface area contributed by atoms with Crippen LogP contribution in [0.15, 0.2) is 40.2 Å². The van der Waals surface area contributed by atoms with Crippen LogP contribution in [0.4, 0.5) is 0 Å². The van der Waals surface area contributed by atoms with Gasteiger partial charge in [-0.1, -0.05) is 0 Å². The quantitative estimate of drug-likeness (QED) is 0.723. The molecule has 3 aromatic rings. The second kappa shape index (κ2) is 6.33. The molecule has 1 aliphatic heterocycles. The molecule has 9 heteroatoms. The van der Waals surface area contributed by atoms with Crippen molar-refractivity contribution in [2.75, 3.05) is 13.1 Å². The Kier molecular flexibility index (Phi) is 4.12. The number of piperidine rings is 1. The number of imidazole rings is 1. The third-order valence-corrected chi connectivity index (χ3v) is 6.65. The van der Waals surface area contributed by atoms with Crippen LogP contribution >= 0.6 is 0 Å². The topological polar surface area (TPSA) is 112 Å². The lowest BCUT2D eigenvalue weighted by molar-refractivity contribution is 0.313. The second-order valence-corrected chi connectivity index (χ2v) is 8.46. The van der Waals surface area contributed by atoms with Crippen LogP contribution < -0.4 is 5.69 Å². The third kappa shape index (κ3) is 3.04. The van der Waals surface area contributed by atoms with Gasteiger partial charge in [-0.2, -0.15) is 4.31 Å². The number of sulfonamides is 1. The molecule has 1 fully saturated rings. The van der Waals surface area contributed by atoms with Gasteiger partial charge in [0.15, 0.2) is 0 Å². The first-order valence-electron chi connectivity index (χ1n) is 8.45. The number of H-pyrrole nitrogens is 2. The minimum absolute atomic E-state index is 0.171. The van der Waals surface area contributed by atoms with E-state index in [2.05, 4.69) is 19.9 Å². The minimum atomic E-state index is -3.60. The summed E-state index contributed by atoms with van der Waals surface area (Å²) in [5, 5.41) is 0. The monoisotopic (exact) mass is 373 g/mol. The number of benzene rings is 1. The first-order valence-corrected chi connectivity index (χ1v) is 9.89. The van der Waals surface area contributed by atoms with Crippen molar-refractivity contribution in [1.82, 2.24) is 24.2 Å². The van der Waals surface area contributed by atoms with Gasteiger partial charge in [0.2, 0.25) is 10.0 Å². The molecule has 0 radical (unpaired) electrons. The summed E-state index contributed by atoms with van der Waals surface area (Å²) in [6, 6.07) is 6.48. The molecule has 2 aromatic heterocycles. The maximum Gasteiger partial charge on any atom is 0.323 e. The molecule has 0 spiro atoms. The summed E-state index contributed by atoms with van der Waals surface area (Å²) < 4.78 is 27.3. The van der Waals surface area contributed by atoms with E-state index in [4.69, 9.17) is 0 Å². The number of hydrogen-bond donors (Lipinski definition) is 2. The Balaban J connectivity index is 1.54. The summed E-state index contributed by atoms with van der Waals surface area (Å²) in [6.07, 6.45) is 3.12. The molecule has 3 heterocycles. The Morgan fingerprint density at radius 3 is 2.58 bits per heavy atom. The van der Waals surface area contributed by atoms with Crippen molar-refractivity contribution in [1.29, 1.82) is 0 Å². The van der Waals surface area contributed by atoms with Gasteiger partial charge in [0.05, 0.1) is 15.9 Å². The van der Waals surface area contributed by atoms with Crippen LogP contribution in [0.25, 0.3) is 11.0 Å². The number of hydrogen-bond acceptors (Lipinski definition) is 5. The van der Waals surface area contributed by atoms with Crippen LogP contribution in [-0.2, 0) is 10.0 Å². The van der Waals surface area contributed by atoms with Crippen molar-refractivity contribution >= 4 is 21.1 Å². The summed E-state index contributed by atoms with van der Waals surface area (Å²) in [6.45, 7) is 2.77. The lowest BCUT2D eigenvalue weighted by atomic mass is 9.97. The maximum absolute atomic E-state index is 12.9. The van der Waals surface area contributed by atoms with Crippen molar-refractivity contribution in [2.45, 2.75) is 30.6 Å². The Labute approximate surface area is 150 Å². The van der Waals surface area contributed by atoms with E-state index in [0.29, 0.717) is 37.0 Å². The summed E-state index contributed by atoms with van der Waals surface area (Å²) in [5.74, 6) is 0.957. The Morgan fingerprint density at radius 1 is 1.12 bits per heavy atom. The fourth-order valence-corrected chi connectivity index (χ4v) is 4.84. The number of fused-ring (bicyclic) bond motifs is 1. The van der Waals surface area contributed by atoms with Crippen molar-refractivity contribution in [2.24, 2.45) is 0 Å². The molecule has 8 nitrogen and oxygen atoms in total. The molecular weight excluding hydrogens is 354 g/mol. The number of nitrogens with one attached hydrogen (secondary N) is 2. The molecular formula is C17H19N5O3S. The van der Waals surface area contributed by atoms with Crippen LogP contribution in [-0.4, -0.2) is 45.7 Å². The highest BCUT2D eigenvalue weighted by molar-refractivity contribution is 7.89. The molecule has 0 bridgehead atoms. The smallest absolute Gasteiger partial charge is 0.306 e. The fourth-order valence-electron chi connectivity index (χ4n) is 3.34. The number of nitrogens with zero attached hydrogens (tertiary/aromatic N) is 3. The molecule has 136 valence electrons. The average Bonchev–Trinajstić information content (AvgIpc) is 3.01. The molecule has 4 rings (SSSR count). The molecule has 26 heavy (non-hydrogen) atoms. The Morgan fingerprint density at radius 2 is 1.85 bits per heavy atom. The van der Waals surface area contributed by atoms with Gasteiger partial charge in [0.25, 0.3) is 0 Å². The van der Waals surface area contributed by atoms with Gasteiger partial charge in [-0.3, -0.25) is 0 Å². The van der Waals surface area contributed by atoms with Gasteiger partial charge < -0.3 is 9.97 Å². The van der Waals surface area contributed by atoms with Gasteiger partial charge in [-0.25, -0.2) is 23.2 Å². The molecule has 0 saturated carbocycles. The molecule has 1 aliphatic rings. The van der Waals surface area contributed by atoms with Gasteiger partial charge in [-0.05, 0) is 44.0 Å². The van der Waals surface area contributed by atoms with E-state index >= 15 is 0 Å². The zero-order valence-corrected chi connectivity index (χ0v) is 15.1. The number of aromatic amines is 2. The van der Waals surface area contributed by atoms with E-state index < -0.39 is 10.0 Å². The molecule has 1 saturated heterocycles. The highest BCUT2D eigenvalue weighted by Gasteiger charge is 2.31. The lowest BCUT2D eigenvalue weighted by Crippen LogP contribution is -2.38. The van der Waals surface area contributed by atoms with E-state index in [-0.39, 0.29) is 16.5 Å². The van der Waals surface area contributed by atoms with Crippen LogP contribution in [0, 0.1) is 6.92 Å². The van der Waals surface area contributed by atoms with E-state index in [1.807, 2.05) is 13.0 Å². The maximum atomic E-state index is 12.9. The summed E-state index contributed by atoms with van der Waals surface area (Å²) in [5.41, 5.74) is 1.63. The summed E-state index contributed by atoms with van der Waals surface area (Å²) >= 11 is 0. The van der Waals surface area contributed by atoms with Crippen LogP contribution in [0.2, 0.25) is 0 Å². The van der Waals surface area contributed by atoms with Crippen molar-refractivity contribution < 1.29 is 8.42 Å². The van der Waals surface area contributed by atoms with Crippen LogP contribution in [0.1, 0.15) is 30.3 Å². The molecule has 0 unspecified atom stereocenters. The van der Waals surface area contributed by atoms with Crippen molar-refractivity contribution in [3.63, 3.8) is 0 Å². The van der Waals surface area contributed by atoms with Gasteiger partial charge in [0, 0.05) is 30.9 Å². The van der Waals surface area contributed by atoms with Crippen LogP contribution in [0.5, 0.6) is 0 Å². The zero-order chi connectivity index (χ0) is 18.3. The molecule has 1 aromatic carbocycles. The predicted molar refractivity (Wildman–Crippen MR) is 96.4 cm³/mol. The first-order chi connectivity index (χ1) is 12.4. The van der Waals surface area contributed by atoms with E-state index in [1.165, 1.54) is 16.4 Å². The second-order valence-electron chi connectivity index (χ2n) is 6.52. The Hall–Kier alpha value is -2.52. The standard InChI is InChI=1S/C17H19N5O3S/c1-11-4-7-18-16(19-11)12-5-8-22(9-6-12)26(24,25)13-2-3-14-15(10-13)21-17(23)20-14/h2-4,7,10,12H,5-6,8-9H2,1H3,(H2,20,21,23). The average molecular weight is 373 g/mol. The van der Waals surface area contributed by atoms with Gasteiger partial charge in [-0.15, -0.1) is 0 Å². The SMILES string of the molecule is Cc1ccnc(C2CCN(S(=O)(=O)c3ccc4[nH]c(=O)[nH]c4c3)CC2)n1. The van der Waals surface area contributed by atoms with Crippen molar-refractivity contribution in [3.8, 4) is 0 Å². The van der Waals surface area contributed by atoms with E-state index in [9.17, 15) is 13.2 Å². The highest BCUT2D eigenvalue weighted by Crippen LogP contribution is 2.29. The molecule has 2 N–H and O–H groups in total. The molecule has 0 atom stereocenters. The predicted octanol–water partition coefficient (Wildman–Crippen LogP) is 1.52.